The van der Waals surface area contributed by atoms with Crippen LogP contribution in [-0.2, 0) is 29.9 Å². The number of hydrogen-bond acceptors (Lipinski definition) is 6. The zero-order valence-electron chi connectivity index (χ0n) is 19.2. The summed E-state index contributed by atoms with van der Waals surface area (Å²) in [6, 6.07) is 4.88. The Morgan fingerprint density at radius 3 is 2.38 bits per heavy atom. The molecule has 0 saturated carbocycles. The van der Waals surface area contributed by atoms with Gasteiger partial charge >= 0.3 is 11.9 Å². The van der Waals surface area contributed by atoms with Gasteiger partial charge in [-0.15, -0.1) is 0 Å². The van der Waals surface area contributed by atoms with Crippen molar-refractivity contribution < 1.29 is 32.4 Å². The van der Waals surface area contributed by atoms with E-state index in [9.17, 15) is 22.6 Å². The van der Waals surface area contributed by atoms with Gasteiger partial charge in [0.1, 0.15) is 0 Å². The van der Waals surface area contributed by atoms with Gasteiger partial charge in [0.05, 0.1) is 12.0 Å². The van der Waals surface area contributed by atoms with Gasteiger partial charge in [0.2, 0.25) is 0 Å². The number of aliphatic carboxylic acids is 1. The van der Waals surface area contributed by atoms with Crippen LogP contribution in [-0.4, -0.2) is 49.7 Å². The van der Waals surface area contributed by atoms with Crippen LogP contribution in [0.3, 0.4) is 0 Å². The van der Waals surface area contributed by atoms with Crippen LogP contribution in [0.4, 0.5) is 5.69 Å². The number of anilines is 1. The number of unbranched alkanes of at least 4 members (excludes halogenated alkanes) is 4. The Morgan fingerprint density at radius 1 is 1.09 bits per heavy atom. The summed E-state index contributed by atoms with van der Waals surface area (Å²) in [5.41, 5.74) is 1.53. The summed E-state index contributed by atoms with van der Waals surface area (Å²) in [6.07, 6.45) is 6.08. The van der Waals surface area contributed by atoms with Crippen LogP contribution < -0.4 is 4.90 Å². The van der Waals surface area contributed by atoms with Gasteiger partial charge in [-0.25, -0.2) is 0 Å². The number of ether oxygens (including phenoxy) is 1. The first-order valence-electron chi connectivity index (χ1n) is 11.2. The van der Waals surface area contributed by atoms with Crippen molar-refractivity contribution in [3.8, 4) is 0 Å². The minimum Gasteiger partial charge on any atom is -0.481 e. The van der Waals surface area contributed by atoms with E-state index in [0.29, 0.717) is 12.8 Å². The van der Waals surface area contributed by atoms with E-state index in [1.54, 1.807) is 12.1 Å². The van der Waals surface area contributed by atoms with Crippen LogP contribution in [0.2, 0.25) is 0 Å². The van der Waals surface area contributed by atoms with Crippen LogP contribution in [0.5, 0.6) is 0 Å². The Morgan fingerprint density at radius 2 is 1.75 bits per heavy atom. The van der Waals surface area contributed by atoms with E-state index in [1.807, 2.05) is 0 Å². The number of nitrogens with zero attached hydrogens (tertiary/aromatic N) is 1. The van der Waals surface area contributed by atoms with Crippen molar-refractivity contribution >= 4 is 27.7 Å². The zero-order valence-corrected chi connectivity index (χ0v) is 20.0. The molecule has 0 spiro atoms. The molecule has 1 aliphatic rings. The molecule has 2 atom stereocenters. The fourth-order valence-corrected chi connectivity index (χ4v) is 5.10. The summed E-state index contributed by atoms with van der Waals surface area (Å²) < 4.78 is 37.7. The number of fused-ring (bicyclic) bond motifs is 1. The molecule has 2 rings (SSSR count). The lowest BCUT2D eigenvalue weighted by Gasteiger charge is -2.35. The number of hydrogen-bond donors (Lipinski definition) is 2. The average Bonchev–Trinajstić information content (AvgIpc) is 2.93. The van der Waals surface area contributed by atoms with E-state index in [2.05, 4.69) is 23.5 Å². The number of esters is 1. The molecule has 1 aromatic rings. The van der Waals surface area contributed by atoms with Gasteiger partial charge in [-0.3, -0.25) is 14.1 Å². The summed E-state index contributed by atoms with van der Waals surface area (Å²) in [4.78, 5) is 24.2. The van der Waals surface area contributed by atoms with E-state index < -0.39 is 16.1 Å². The highest BCUT2D eigenvalue weighted by Crippen LogP contribution is 2.49. The summed E-state index contributed by atoms with van der Waals surface area (Å²) in [7, 11) is -2.93. The first-order valence-corrected chi connectivity index (χ1v) is 12.6. The van der Waals surface area contributed by atoms with E-state index in [0.717, 1.165) is 56.3 Å². The summed E-state index contributed by atoms with van der Waals surface area (Å²) >= 11 is 0. The van der Waals surface area contributed by atoms with E-state index >= 15 is 0 Å². The largest absolute Gasteiger partial charge is 0.481 e. The van der Waals surface area contributed by atoms with Gasteiger partial charge < -0.3 is 14.7 Å². The van der Waals surface area contributed by atoms with Crippen LogP contribution in [0.1, 0.15) is 77.2 Å². The Labute approximate surface area is 190 Å². The summed E-state index contributed by atoms with van der Waals surface area (Å²) in [6.45, 7) is 5.01. The Bertz CT molecular complexity index is 915. The number of carbonyl (C=O) groups excluding carboxylic acids is 1. The lowest BCUT2D eigenvalue weighted by atomic mass is 9.75. The van der Waals surface area contributed by atoms with Gasteiger partial charge in [-0.2, -0.15) is 8.42 Å². The summed E-state index contributed by atoms with van der Waals surface area (Å²) in [5, 5.41) is 8.84. The highest BCUT2D eigenvalue weighted by Gasteiger charge is 2.45. The lowest BCUT2D eigenvalue weighted by molar-refractivity contribution is -0.141. The molecule has 1 aromatic carbocycles. The normalized spacial score (nSPS) is 20.2. The standard InChI is InChI=1S/C23H35NO7S/c1-17-23(2,14-8-4-6-10-21(25)26)19-16-18(32(28,29)30)12-13-20(19)24(17)15-9-5-7-11-22(27)31-3/h12-13,16-17H,4-11,14-15H2,1-3H3,(H,25,26)(H,28,29,30). The number of carbonyl (C=O) groups is 2. The van der Waals surface area contributed by atoms with Crippen molar-refractivity contribution in [2.45, 2.75) is 88.0 Å². The number of carboxylic acids is 1. The highest BCUT2D eigenvalue weighted by atomic mass is 32.2. The minimum atomic E-state index is -4.31. The predicted octanol–water partition coefficient (Wildman–Crippen LogP) is 4.17. The molecular formula is C23H35NO7S. The molecular weight excluding hydrogens is 434 g/mol. The Kier molecular flexibility index (Phi) is 9.09. The van der Waals surface area contributed by atoms with Gasteiger partial charge in [0.15, 0.2) is 0 Å². The van der Waals surface area contributed by atoms with E-state index in [4.69, 9.17) is 5.11 Å². The maximum atomic E-state index is 11.7. The molecule has 1 heterocycles. The molecule has 0 fully saturated rings. The molecule has 0 amide bonds. The Balaban J connectivity index is 2.16. The molecule has 32 heavy (non-hydrogen) atoms. The van der Waals surface area contributed by atoms with E-state index in [-0.39, 0.29) is 28.7 Å². The number of benzene rings is 1. The number of rotatable bonds is 13. The van der Waals surface area contributed by atoms with Crippen molar-refractivity contribution in [1.29, 1.82) is 0 Å². The second kappa shape index (κ2) is 11.1. The Hall–Kier alpha value is -2.13. The third-order valence-corrected chi connectivity index (χ3v) is 7.52. The maximum Gasteiger partial charge on any atom is 0.305 e. The summed E-state index contributed by atoms with van der Waals surface area (Å²) in [5.74, 6) is -1.01. The molecule has 180 valence electrons. The molecule has 0 radical (unpaired) electrons. The van der Waals surface area contributed by atoms with Crippen molar-refractivity contribution in [3.05, 3.63) is 23.8 Å². The quantitative estimate of drug-likeness (QED) is 0.251. The lowest BCUT2D eigenvalue weighted by Crippen LogP contribution is -2.41. The second-order valence-electron chi connectivity index (χ2n) is 8.78. The number of carboxylic acid groups (broad SMARTS) is 1. The van der Waals surface area contributed by atoms with Crippen LogP contribution in [0, 0.1) is 0 Å². The highest BCUT2D eigenvalue weighted by molar-refractivity contribution is 7.85. The van der Waals surface area contributed by atoms with Crippen LogP contribution in [0.25, 0.3) is 0 Å². The van der Waals surface area contributed by atoms with E-state index in [1.165, 1.54) is 13.2 Å². The van der Waals surface area contributed by atoms with Crippen LogP contribution in [0.15, 0.2) is 23.1 Å². The van der Waals surface area contributed by atoms with Crippen molar-refractivity contribution in [2.75, 3.05) is 18.6 Å². The SMILES string of the molecule is COC(=O)CCCCCN1c2ccc(S(=O)(=O)O)cc2C(C)(CCCCCC(=O)O)C1C. The smallest absolute Gasteiger partial charge is 0.305 e. The van der Waals surface area contributed by atoms with Crippen molar-refractivity contribution in [1.82, 2.24) is 0 Å². The third-order valence-electron chi connectivity index (χ3n) is 6.67. The first-order chi connectivity index (χ1) is 15.0. The second-order valence-corrected chi connectivity index (χ2v) is 10.2. The first kappa shape index (κ1) is 26.1. The van der Waals surface area contributed by atoms with Gasteiger partial charge in [-0.05, 0) is 56.4 Å². The fourth-order valence-electron chi connectivity index (χ4n) is 4.59. The van der Waals surface area contributed by atoms with Gasteiger partial charge in [0, 0.05) is 36.5 Å². The third kappa shape index (κ3) is 6.45. The molecule has 0 saturated heterocycles. The number of methoxy groups -OCH3 is 1. The minimum absolute atomic E-state index is 0.106. The zero-order chi connectivity index (χ0) is 23.9. The molecule has 2 unspecified atom stereocenters. The topological polar surface area (TPSA) is 121 Å². The van der Waals surface area contributed by atoms with Crippen molar-refractivity contribution in [3.63, 3.8) is 0 Å². The average molecular weight is 470 g/mol. The van der Waals surface area contributed by atoms with Crippen molar-refractivity contribution in [2.24, 2.45) is 0 Å². The molecule has 9 heteroatoms. The molecule has 0 aromatic heterocycles. The molecule has 1 aliphatic heterocycles. The monoisotopic (exact) mass is 469 g/mol. The molecule has 8 nitrogen and oxygen atoms in total. The molecule has 0 bridgehead atoms. The molecule has 2 N–H and O–H groups in total. The predicted molar refractivity (Wildman–Crippen MR) is 122 cm³/mol. The molecule has 0 aliphatic carbocycles. The maximum absolute atomic E-state index is 11.7. The van der Waals surface area contributed by atoms with Gasteiger partial charge in [0.25, 0.3) is 10.1 Å². The van der Waals surface area contributed by atoms with Crippen LogP contribution >= 0.6 is 0 Å². The fraction of sp³-hybridized carbons (Fsp3) is 0.652. The van der Waals surface area contributed by atoms with Gasteiger partial charge in [-0.1, -0.05) is 26.2 Å².